The van der Waals surface area contributed by atoms with E-state index < -0.39 is 15.6 Å². The van der Waals surface area contributed by atoms with Crippen LogP contribution in [0.3, 0.4) is 0 Å². The first kappa shape index (κ1) is 14.9. The van der Waals surface area contributed by atoms with E-state index in [9.17, 15) is 13.5 Å². The molecule has 0 aromatic carbocycles. The van der Waals surface area contributed by atoms with Crippen molar-refractivity contribution >= 4 is 10.0 Å². The van der Waals surface area contributed by atoms with Crippen LogP contribution in [0.4, 0.5) is 0 Å². The molecule has 0 heterocycles. The van der Waals surface area contributed by atoms with Crippen LogP contribution in [0.2, 0.25) is 0 Å². The molecule has 0 amide bonds. The summed E-state index contributed by atoms with van der Waals surface area (Å²) in [6, 6.07) is 0. The second-order valence-corrected chi connectivity index (χ2v) is 7.31. The Morgan fingerprint density at radius 1 is 1.29 bits per heavy atom. The van der Waals surface area contributed by atoms with E-state index in [1.54, 1.807) is 6.92 Å². The molecule has 1 saturated carbocycles. The Labute approximate surface area is 105 Å². The molecule has 5 heteroatoms. The average molecular weight is 263 g/mol. The first-order valence-electron chi connectivity index (χ1n) is 6.54. The van der Waals surface area contributed by atoms with Gasteiger partial charge in [-0.15, -0.1) is 0 Å². The summed E-state index contributed by atoms with van der Waals surface area (Å²) >= 11 is 0. The number of hydrogen-bond acceptors (Lipinski definition) is 3. The fourth-order valence-corrected chi connectivity index (χ4v) is 3.72. The van der Waals surface area contributed by atoms with Crippen molar-refractivity contribution in [2.24, 2.45) is 5.92 Å². The zero-order valence-electron chi connectivity index (χ0n) is 10.9. The molecule has 17 heavy (non-hydrogen) atoms. The van der Waals surface area contributed by atoms with Crippen LogP contribution in [-0.4, -0.2) is 31.4 Å². The van der Waals surface area contributed by atoms with Crippen LogP contribution >= 0.6 is 0 Å². The van der Waals surface area contributed by atoms with Crippen LogP contribution in [0.1, 0.15) is 52.4 Å². The van der Waals surface area contributed by atoms with E-state index in [2.05, 4.69) is 4.72 Å². The SMILES string of the molecule is CCC(C)(O)CNS(=O)(=O)CC1CCCCC1. The zero-order chi connectivity index (χ0) is 12.9. The molecule has 1 aliphatic rings. The van der Waals surface area contributed by atoms with E-state index in [1.165, 1.54) is 6.42 Å². The summed E-state index contributed by atoms with van der Waals surface area (Å²) in [7, 11) is -3.23. The maximum atomic E-state index is 11.8. The van der Waals surface area contributed by atoms with Crippen molar-refractivity contribution in [2.75, 3.05) is 12.3 Å². The number of rotatable bonds is 6. The summed E-state index contributed by atoms with van der Waals surface area (Å²) in [6.07, 6.45) is 6.10. The predicted molar refractivity (Wildman–Crippen MR) is 69.3 cm³/mol. The molecule has 1 rings (SSSR count). The highest BCUT2D eigenvalue weighted by Gasteiger charge is 2.24. The summed E-state index contributed by atoms with van der Waals surface area (Å²) in [5.74, 6) is 0.514. The lowest BCUT2D eigenvalue weighted by molar-refractivity contribution is 0.0613. The second-order valence-electron chi connectivity index (χ2n) is 5.46. The molecule has 0 radical (unpaired) electrons. The van der Waals surface area contributed by atoms with E-state index in [0.29, 0.717) is 12.3 Å². The lowest BCUT2D eigenvalue weighted by atomic mass is 9.91. The summed E-state index contributed by atoms with van der Waals surface area (Å²) in [6.45, 7) is 3.60. The smallest absolute Gasteiger partial charge is 0.211 e. The predicted octanol–water partition coefficient (Wildman–Crippen LogP) is 1.65. The first-order chi connectivity index (χ1) is 7.85. The minimum absolute atomic E-state index is 0.110. The van der Waals surface area contributed by atoms with E-state index in [0.717, 1.165) is 25.7 Å². The first-order valence-corrected chi connectivity index (χ1v) is 8.19. The molecule has 102 valence electrons. The summed E-state index contributed by atoms with van der Waals surface area (Å²) in [5.41, 5.74) is -0.945. The molecular weight excluding hydrogens is 238 g/mol. The van der Waals surface area contributed by atoms with E-state index in [4.69, 9.17) is 0 Å². The molecule has 4 nitrogen and oxygen atoms in total. The Hall–Kier alpha value is -0.130. The summed E-state index contributed by atoms with van der Waals surface area (Å²) in [5, 5.41) is 9.77. The quantitative estimate of drug-likeness (QED) is 0.765. The van der Waals surface area contributed by atoms with E-state index in [1.807, 2.05) is 6.92 Å². The summed E-state index contributed by atoms with van der Waals surface area (Å²) < 4.78 is 26.2. The van der Waals surface area contributed by atoms with E-state index >= 15 is 0 Å². The third kappa shape index (κ3) is 5.84. The van der Waals surface area contributed by atoms with Crippen molar-refractivity contribution in [2.45, 2.75) is 58.0 Å². The zero-order valence-corrected chi connectivity index (χ0v) is 11.7. The molecule has 0 aromatic rings. The maximum Gasteiger partial charge on any atom is 0.211 e. The van der Waals surface area contributed by atoms with Gasteiger partial charge < -0.3 is 5.11 Å². The fraction of sp³-hybridized carbons (Fsp3) is 1.00. The normalized spacial score (nSPS) is 22.3. The van der Waals surface area contributed by atoms with Crippen LogP contribution in [0.15, 0.2) is 0 Å². The largest absolute Gasteiger partial charge is 0.389 e. The lowest BCUT2D eigenvalue weighted by Crippen LogP contribution is -2.41. The van der Waals surface area contributed by atoms with Crippen LogP contribution in [0.25, 0.3) is 0 Å². The Bertz CT molecular complexity index is 319. The molecule has 0 bridgehead atoms. The maximum absolute atomic E-state index is 11.8. The number of sulfonamides is 1. The van der Waals surface area contributed by atoms with Crippen molar-refractivity contribution in [3.05, 3.63) is 0 Å². The average Bonchev–Trinajstić information content (AvgIpc) is 2.28. The van der Waals surface area contributed by atoms with Crippen molar-refractivity contribution in [1.29, 1.82) is 0 Å². The Morgan fingerprint density at radius 3 is 2.41 bits per heavy atom. The highest BCUT2D eigenvalue weighted by atomic mass is 32.2. The Kier molecular flexibility index (Phi) is 5.41. The number of nitrogens with one attached hydrogen (secondary N) is 1. The molecule has 0 saturated heterocycles. The van der Waals surface area contributed by atoms with Gasteiger partial charge in [0.1, 0.15) is 0 Å². The van der Waals surface area contributed by atoms with Gasteiger partial charge >= 0.3 is 0 Å². The third-order valence-electron chi connectivity index (χ3n) is 3.61. The topological polar surface area (TPSA) is 66.4 Å². The van der Waals surface area contributed by atoms with Crippen molar-refractivity contribution in [3.63, 3.8) is 0 Å². The highest BCUT2D eigenvalue weighted by Crippen LogP contribution is 2.24. The van der Waals surface area contributed by atoms with Crippen molar-refractivity contribution in [1.82, 2.24) is 4.72 Å². The molecule has 1 atom stereocenters. The molecule has 1 unspecified atom stereocenters. The van der Waals surface area contributed by atoms with Crippen molar-refractivity contribution in [3.8, 4) is 0 Å². The van der Waals surface area contributed by atoms with Gasteiger partial charge in [0.25, 0.3) is 0 Å². The molecule has 1 aliphatic carbocycles. The van der Waals surface area contributed by atoms with Gasteiger partial charge in [0, 0.05) is 6.54 Å². The third-order valence-corrected chi connectivity index (χ3v) is 5.11. The Balaban J connectivity index is 2.40. The highest BCUT2D eigenvalue weighted by molar-refractivity contribution is 7.89. The molecule has 0 aliphatic heterocycles. The number of hydrogen-bond donors (Lipinski definition) is 2. The second kappa shape index (κ2) is 6.16. The van der Waals surface area contributed by atoms with Gasteiger partial charge in [-0.1, -0.05) is 26.2 Å². The summed E-state index contributed by atoms with van der Waals surface area (Å²) in [4.78, 5) is 0. The monoisotopic (exact) mass is 263 g/mol. The van der Waals surface area contributed by atoms with Crippen LogP contribution in [-0.2, 0) is 10.0 Å². The van der Waals surface area contributed by atoms with Crippen LogP contribution in [0, 0.1) is 5.92 Å². The van der Waals surface area contributed by atoms with E-state index in [-0.39, 0.29) is 12.3 Å². The minimum atomic E-state index is -3.23. The van der Waals surface area contributed by atoms with Gasteiger partial charge in [-0.2, -0.15) is 0 Å². The molecule has 0 aromatic heterocycles. The molecule has 0 spiro atoms. The molecular formula is C12H25NO3S. The van der Waals surface area contributed by atoms with Crippen molar-refractivity contribution < 1.29 is 13.5 Å². The molecule has 2 N–H and O–H groups in total. The van der Waals surface area contributed by atoms with Gasteiger partial charge in [-0.25, -0.2) is 13.1 Å². The minimum Gasteiger partial charge on any atom is -0.389 e. The van der Waals surface area contributed by atoms with Gasteiger partial charge in [0.15, 0.2) is 0 Å². The fourth-order valence-electron chi connectivity index (χ4n) is 2.11. The van der Waals surface area contributed by atoms with Crippen LogP contribution < -0.4 is 4.72 Å². The number of aliphatic hydroxyl groups is 1. The Morgan fingerprint density at radius 2 is 1.88 bits per heavy atom. The lowest BCUT2D eigenvalue weighted by Gasteiger charge is -2.24. The van der Waals surface area contributed by atoms with Crippen LogP contribution in [0.5, 0.6) is 0 Å². The van der Waals surface area contributed by atoms with Gasteiger partial charge in [0.05, 0.1) is 11.4 Å². The van der Waals surface area contributed by atoms with Gasteiger partial charge in [0.2, 0.25) is 10.0 Å². The van der Waals surface area contributed by atoms with Gasteiger partial charge in [-0.05, 0) is 32.1 Å². The standard InChI is InChI=1S/C12H25NO3S/c1-3-12(2,14)10-13-17(15,16)9-11-7-5-4-6-8-11/h11,13-14H,3-10H2,1-2H3. The van der Waals surface area contributed by atoms with Gasteiger partial charge in [-0.3, -0.25) is 0 Å². The molecule has 1 fully saturated rings.